The van der Waals surface area contributed by atoms with Crippen molar-refractivity contribution in [3.63, 3.8) is 0 Å². The van der Waals surface area contributed by atoms with E-state index >= 15 is 0 Å². The molecule has 0 aliphatic carbocycles. The van der Waals surface area contributed by atoms with Crippen molar-refractivity contribution in [3.8, 4) is 0 Å². The molecule has 2 aromatic rings. The molecule has 0 aliphatic heterocycles. The molecular weight excluding hydrogens is 386 g/mol. The predicted octanol–water partition coefficient (Wildman–Crippen LogP) is 9.34. The summed E-state index contributed by atoms with van der Waals surface area (Å²) < 4.78 is 0. The Kier molecular flexibility index (Phi) is 15.4. The summed E-state index contributed by atoms with van der Waals surface area (Å²) in [5, 5.41) is 0. The van der Waals surface area contributed by atoms with E-state index in [1.54, 1.807) is 0 Å². The Morgan fingerprint density at radius 2 is 0.969 bits per heavy atom. The summed E-state index contributed by atoms with van der Waals surface area (Å²) in [6, 6.07) is 21.8. The summed E-state index contributed by atoms with van der Waals surface area (Å²) in [6.07, 6.45) is 22.5. The lowest BCUT2D eigenvalue weighted by Crippen LogP contribution is -2.24. The Morgan fingerprint density at radius 3 is 1.47 bits per heavy atom. The van der Waals surface area contributed by atoms with Crippen molar-refractivity contribution in [1.29, 1.82) is 0 Å². The number of allylic oxidation sites excluding steroid dienone is 2. The van der Waals surface area contributed by atoms with Crippen LogP contribution < -0.4 is 0 Å². The fraction of sp³-hybridized carbons (Fsp3) is 0.548. The standard InChI is InChI=1S/C31H47N/c1-2-3-4-5-6-7-8-9-10-11-12-13-14-15-22-27-32(28-30-23-18-16-19-24-30)29-31-25-20-17-21-26-31/h4-5,16-21,23-26H,2-3,6-15,22,27-29H2,1H3/b5-4+. The highest BCUT2D eigenvalue weighted by atomic mass is 15.1. The minimum Gasteiger partial charge on any atom is -0.295 e. The molecule has 2 rings (SSSR count). The van der Waals surface area contributed by atoms with Gasteiger partial charge in [0.15, 0.2) is 0 Å². The summed E-state index contributed by atoms with van der Waals surface area (Å²) in [4.78, 5) is 2.61. The molecule has 0 N–H and O–H groups in total. The maximum atomic E-state index is 2.61. The van der Waals surface area contributed by atoms with Gasteiger partial charge in [0.2, 0.25) is 0 Å². The van der Waals surface area contributed by atoms with Crippen molar-refractivity contribution in [2.75, 3.05) is 6.54 Å². The van der Waals surface area contributed by atoms with Gasteiger partial charge in [-0.25, -0.2) is 0 Å². The minimum absolute atomic E-state index is 1.05. The fourth-order valence-corrected chi connectivity index (χ4v) is 4.31. The molecule has 0 amide bonds. The first-order valence-corrected chi connectivity index (χ1v) is 13.3. The number of unbranched alkanes of at least 4 members (excludes halogenated alkanes) is 11. The Balaban J connectivity index is 1.51. The summed E-state index contributed by atoms with van der Waals surface area (Å²) >= 11 is 0. The molecule has 0 aromatic heterocycles. The first-order valence-electron chi connectivity index (χ1n) is 13.3. The SMILES string of the molecule is CCC/C=C/CCCCCCCCCCCCN(Cc1ccccc1)Cc1ccccc1. The topological polar surface area (TPSA) is 3.24 Å². The van der Waals surface area contributed by atoms with E-state index < -0.39 is 0 Å². The molecule has 0 bridgehead atoms. The van der Waals surface area contributed by atoms with E-state index in [0.717, 1.165) is 13.1 Å². The number of benzene rings is 2. The number of hydrogen-bond acceptors (Lipinski definition) is 1. The van der Waals surface area contributed by atoms with E-state index in [4.69, 9.17) is 0 Å². The highest BCUT2D eigenvalue weighted by molar-refractivity contribution is 5.17. The van der Waals surface area contributed by atoms with Gasteiger partial charge in [-0.05, 0) is 43.4 Å². The summed E-state index contributed by atoms with van der Waals surface area (Å²) in [5.41, 5.74) is 2.83. The average Bonchev–Trinajstić information content (AvgIpc) is 2.83. The smallest absolute Gasteiger partial charge is 0.0237 e. The van der Waals surface area contributed by atoms with Gasteiger partial charge < -0.3 is 0 Å². The maximum Gasteiger partial charge on any atom is 0.0237 e. The van der Waals surface area contributed by atoms with Gasteiger partial charge in [0.1, 0.15) is 0 Å². The van der Waals surface area contributed by atoms with Crippen LogP contribution in [0.25, 0.3) is 0 Å². The molecule has 0 saturated heterocycles. The third-order valence-corrected chi connectivity index (χ3v) is 6.22. The molecule has 0 radical (unpaired) electrons. The van der Waals surface area contributed by atoms with E-state index in [2.05, 4.69) is 84.6 Å². The van der Waals surface area contributed by atoms with Crippen molar-refractivity contribution < 1.29 is 0 Å². The van der Waals surface area contributed by atoms with Crippen LogP contribution in [-0.2, 0) is 13.1 Å². The zero-order valence-corrected chi connectivity index (χ0v) is 20.7. The molecular formula is C31H47N. The van der Waals surface area contributed by atoms with Crippen LogP contribution in [0.2, 0.25) is 0 Å². The van der Waals surface area contributed by atoms with E-state index in [0.29, 0.717) is 0 Å². The zero-order valence-electron chi connectivity index (χ0n) is 20.7. The third-order valence-electron chi connectivity index (χ3n) is 6.22. The predicted molar refractivity (Wildman–Crippen MR) is 142 cm³/mol. The molecule has 0 atom stereocenters. The largest absolute Gasteiger partial charge is 0.295 e. The normalized spacial score (nSPS) is 11.6. The van der Waals surface area contributed by atoms with E-state index in [9.17, 15) is 0 Å². The Labute approximate surface area is 198 Å². The molecule has 0 unspecified atom stereocenters. The molecule has 0 saturated carbocycles. The van der Waals surface area contributed by atoms with Crippen LogP contribution >= 0.6 is 0 Å². The first-order chi connectivity index (χ1) is 15.9. The number of hydrogen-bond donors (Lipinski definition) is 0. The third kappa shape index (κ3) is 13.5. The second-order valence-electron chi connectivity index (χ2n) is 9.27. The van der Waals surface area contributed by atoms with Crippen LogP contribution in [0.4, 0.5) is 0 Å². The highest BCUT2D eigenvalue weighted by Gasteiger charge is 2.07. The van der Waals surface area contributed by atoms with Crippen molar-refractivity contribution >= 4 is 0 Å². The second kappa shape index (κ2) is 18.7. The van der Waals surface area contributed by atoms with Gasteiger partial charge in [0, 0.05) is 13.1 Å². The molecule has 0 aliphatic rings. The lowest BCUT2D eigenvalue weighted by atomic mass is 10.1. The Morgan fingerprint density at radius 1 is 0.531 bits per heavy atom. The monoisotopic (exact) mass is 433 g/mol. The quantitative estimate of drug-likeness (QED) is 0.157. The van der Waals surface area contributed by atoms with Crippen LogP contribution in [0.5, 0.6) is 0 Å². The second-order valence-corrected chi connectivity index (χ2v) is 9.27. The van der Waals surface area contributed by atoms with Crippen LogP contribution in [0.15, 0.2) is 72.8 Å². The summed E-state index contributed by atoms with van der Waals surface area (Å²) in [5.74, 6) is 0. The van der Waals surface area contributed by atoms with Gasteiger partial charge in [-0.15, -0.1) is 0 Å². The van der Waals surface area contributed by atoms with E-state index in [1.807, 2.05) is 0 Å². The molecule has 1 heteroatoms. The van der Waals surface area contributed by atoms with E-state index in [1.165, 1.54) is 101 Å². The van der Waals surface area contributed by atoms with Crippen molar-refractivity contribution in [3.05, 3.63) is 83.9 Å². The van der Waals surface area contributed by atoms with Crippen molar-refractivity contribution in [2.24, 2.45) is 0 Å². The highest BCUT2D eigenvalue weighted by Crippen LogP contribution is 2.14. The van der Waals surface area contributed by atoms with Gasteiger partial charge in [0.25, 0.3) is 0 Å². The molecule has 32 heavy (non-hydrogen) atoms. The molecule has 2 aromatic carbocycles. The average molecular weight is 434 g/mol. The Hall–Kier alpha value is -1.86. The van der Waals surface area contributed by atoms with E-state index in [-0.39, 0.29) is 0 Å². The van der Waals surface area contributed by atoms with Gasteiger partial charge >= 0.3 is 0 Å². The minimum atomic E-state index is 1.05. The molecule has 0 heterocycles. The van der Waals surface area contributed by atoms with Gasteiger partial charge in [-0.1, -0.05) is 138 Å². The van der Waals surface area contributed by atoms with Crippen molar-refractivity contribution in [2.45, 2.75) is 103 Å². The molecule has 1 nitrogen and oxygen atoms in total. The lowest BCUT2D eigenvalue weighted by Gasteiger charge is -2.22. The van der Waals surface area contributed by atoms with Crippen LogP contribution in [0, 0.1) is 0 Å². The van der Waals surface area contributed by atoms with Gasteiger partial charge in [-0.3, -0.25) is 4.90 Å². The van der Waals surface area contributed by atoms with Crippen LogP contribution in [0.1, 0.15) is 102 Å². The fourth-order valence-electron chi connectivity index (χ4n) is 4.31. The lowest BCUT2D eigenvalue weighted by molar-refractivity contribution is 0.250. The molecule has 176 valence electrons. The van der Waals surface area contributed by atoms with Crippen LogP contribution in [-0.4, -0.2) is 11.4 Å². The molecule has 0 fully saturated rings. The summed E-state index contributed by atoms with van der Waals surface area (Å²) in [6.45, 7) is 5.53. The Bertz CT molecular complexity index is 635. The zero-order chi connectivity index (χ0) is 22.5. The summed E-state index contributed by atoms with van der Waals surface area (Å²) in [7, 11) is 0. The molecule has 0 spiro atoms. The van der Waals surface area contributed by atoms with Crippen molar-refractivity contribution in [1.82, 2.24) is 4.90 Å². The maximum absolute atomic E-state index is 2.61. The van der Waals surface area contributed by atoms with Crippen LogP contribution in [0.3, 0.4) is 0 Å². The number of rotatable bonds is 19. The number of nitrogens with zero attached hydrogens (tertiary/aromatic N) is 1. The van der Waals surface area contributed by atoms with Gasteiger partial charge in [-0.2, -0.15) is 0 Å². The first kappa shape index (κ1) is 26.4. The van der Waals surface area contributed by atoms with Gasteiger partial charge in [0.05, 0.1) is 0 Å².